The second-order valence-corrected chi connectivity index (χ2v) is 5.94. The highest BCUT2D eigenvalue weighted by atomic mass is 35.5. The van der Waals surface area contributed by atoms with Crippen LogP contribution in [0.25, 0.3) is 0 Å². The SMILES string of the molecule is Cc1cc([N+](=O)[O-])c(S(=O)(=O)NCCCN)cc1C.Cl. The summed E-state index contributed by atoms with van der Waals surface area (Å²) in [6.45, 7) is 3.90. The first-order valence-electron chi connectivity index (χ1n) is 5.75. The molecule has 0 saturated carbocycles. The molecule has 0 radical (unpaired) electrons. The largest absolute Gasteiger partial charge is 0.330 e. The van der Waals surface area contributed by atoms with Crippen molar-refractivity contribution in [3.8, 4) is 0 Å². The number of nitro groups is 1. The fourth-order valence-corrected chi connectivity index (χ4v) is 2.83. The molecule has 0 aromatic heterocycles. The quantitative estimate of drug-likeness (QED) is 0.464. The Morgan fingerprint density at radius 1 is 1.30 bits per heavy atom. The first-order chi connectivity index (χ1) is 8.79. The van der Waals surface area contributed by atoms with Crippen molar-refractivity contribution < 1.29 is 13.3 Å². The second kappa shape index (κ2) is 7.53. The van der Waals surface area contributed by atoms with Crippen molar-refractivity contribution in [1.29, 1.82) is 0 Å². The topological polar surface area (TPSA) is 115 Å². The Bertz CT molecular complexity index is 590. The number of nitrogens with one attached hydrogen (secondary N) is 1. The minimum atomic E-state index is -3.89. The zero-order valence-electron chi connectivity index (χ0n) is 11.3. The van der Waals surface area contributed by atoms with Gasteiger partial charge >= 0.3 is 0 Å². The molecule has 114 valence electrons. The van der Waals surface area contributed by atoms with Crippen LogP contribution in [0.4, 0.5) is 5.69 Å². The molecule has 20 heavy (non-hydrogen) atoms. The van der Waals surface area contributed by atoms with Gasteiger partial charge in [0.1, 0.15) is 0 Å². The number of nitrogens with two attached hydrogens (primary N) is 1. The van der Waals surface area contributed by atoms with Gasteiger partial charge in [-0.3, -0.25) is 10.1 Å². The van der Waals surface area contributed by atoms with E-state index in [1.54, 1.807) is 13.8 Å². The minimum Gasteiger partial charge on any atom is -0.330 e. The summed E-state index contributed by atoms with van der Waals surface area (Å²) in [4.78, 5) is 9.96. The highest BCUT2D eigenvalue weighted by Gasteiger charge is 2.26. The molecular formula is C11H18ClN3O4S. The van der Waals surface area contributed by atoms with E-state index < -0.39 is 20.6 Å². The molecule has 9 heteroatoms. The van der Waals surface area contributed by atoms with E-state index in [9.17, 15) is 18.5 Å². The number of hydrogen-bond acceptors (Lipinski definition) is 5. The van der Waals surface area contributed by atoms with E-state index in [0.29, 0.717) is 24.1 Å². The van der Waals surface area contributed by atoms with Crippen molar-refractivity contribution in [1.82, 2.24) is 4.72 Å². The summed E-state index contributed by atoms with van der Waals surface area (Å²) in [7, 11) is -3.89. The zero-order chi connectivity index (χ0) is 14.6. The maximum atomic E-state index is 12.0. The molecule has 1 rings (SSSR count). The molecule has 0 bridgehead atoms. The van der Waals surface area contributed by atoms with Gasteiger partial charge in [0.2, 0.25) is 10.0 Å². The molecule has 3 N–H and O–H groups in total. The van der Waals surface area contributed by atoms with Crippen molar-refractivity contribution in [3.63, 3.8) is 0 Å². The number of hydrogen-bond donors (Lipinski definition) is 2. The summed E-state index contributed by atoms with van der Waals surface area (Å²) in [5, 5.41) is 11.0. The fraction of sp³-hybridized carbons (Fsp3) is 0.455. The van der Waals surface area contributed by atoms with Gasteiger partial charge in [-0.2, -0.15) is 0 Å². The van der Waals surface area contributed by atoms with E-state index in [2.05, 4.69) is 4.72 Å². The Morgan fingerprint density at radius 2 is 1.85 bits per heavy atom. The van der Waals surface area contributed by atoms with Gasteiger partial charge in [-0.1, -0.05) is 0 Å². The van der Waals surface area contributed by atoms with Gasteiger partial charge in [-0.15, -0.1) is 12.4 Å². The lowest BCUT2D eigenvalue weighted by atomic mass is 10.1. The molecule has 0 unspecified atom stereocenters. The molecule has 0 amide bonds. The molecule has 0 fully saturated rings. The van der Waals surface area contributed by atoms with Gasteiger partial charge in [-0.05, 0) is 44.0 Å². The number of rotatable bonds is 6. The van der Waals surface area contributed by atoms with E-state index in [4.69, 9.17) is 5.73 Å². The van der Waals surface area contributed by atoms with Gasteiger partial charge in [-0.25, -0.2) is 13.1 Å². The van der Waals surface area contributed by atoms with Crippen LogP contribution in [0.5, 0.6) is 0 Å². The summed E-state index contributed by atoms with van der Waals surface area (Å²) in [6, 6.07) is 2.59. The zero-order valence-corrected chi connectivity index (χ0v) is 12.9. The normalized spacial score (nSPS) is 10.9. The molecule has 0 heterocycles. The number of sulfonamides is 1. The molecule has 1 aromatic carbocycles. The van der Waals surface area contributed by atoms with Crippen LogP contribution in [0.1, 0.15) is 17.5 Å². The first-order valence-corrected chi connectivity index (χ1v) is 7.23. The average Bonchev–Trinajstić information content (AvgIpc) is 2.31. The first kappa shape index (κ1) is 18.8. The van der Waals surface area contributed by atoms with E-state index in [1.165, 1.54) is 12.1 Å². The predicted octanol–water partition coefficient (Wildman–Crippen LogP) is 1.26. The summed E-state index contributed by atoms with van der Waals surface area (Å²) < 4.78 is 26.4. The molecule has 7 nitrogen and oxygen atoms in total. The Morgan fingerprint density at radius 3 is 2.35 bits per heavy atom. The van der Waals surface area contributed by atoms with Crippen molar-refractivity contribution in [2.24, 2.45) is 5.73 Å². The van der Waals surface area contributed by atoms with Crippen LogP contribution in [0, 0.1) is 24.0 Å². The smallest absolute Gasteiger partial charge is 0.289 e. The second-order valence-electron chi connectivity index (χ2n) is 4.20. The van der Waals surface area contributed by atoms with Gasteiger partial charge in [0, 0.05) is 12.6 Å². The molecule has 1 aromatic rings. The monoisotopic (exact) mass is 323 g/mol. The van der Waals surface area contributed by atoms with Crippen LogP contribution in [-0.4, -0.2) is 26.4 Å². The molecular weight excluding hydrogens is 306 g/mol. The van der Waals surface area contributed by atoms with Crippen LogP contribution >= 0.6 is 12.4 Å². The Labute approximate surface area is 124 Å². The fourth-order valence-electron chi connectivity index (χ4n) is 1.52. The lowest BCUT2D eigenvalue weighted by Crippen LogP contribution is -2.27. The lowest BCUT2D eigenvalue weighted by molar-refractivity contribution is -0.387. The lowest BCUT2D eigenvalue weighted by Gasteiger charge is -2.09. The Kier molecular flexibility index (Phi) is 7.07. The van der Waals surface area contributed by atoms with E-state index in [1.807, 2.05) is 0 Å². The Hall–Kier alpha value is -1.22. The van der Waals surface area contributed by atoms with Crippen LogP contribution in [-0.2, 0) is 10.0 Å². The number of nitrogens with zero attached hydrogens (tertiary/aromatic N) is 1. The summed E-state index contributed by atoms with van der Waals surface area (Å²) >= 11 is 0. The van der Waals surface area contributed by atoms with Crippen molar-refractivity contribution in [2.75, 3.05) is 13.1 Å². The van der Waals surface area contributed by atoms with Gasteiger partial charge in [0.15, 0.2) is 4.90 Å². The highest BCUT2D eigenvalue weighted by Crippen LogP contribution is 2.27. The number of nitro benzene ring substituents is 1. The third-order valence-corrected chi connectivity index (χ3v) is 4.22. The molecule has 0 saturated heterocycles. The standard InChI is InChI=1S/C11H17N3O4S.ClH/c1-8-6-10(14(15)16)11(7-9(8)2)19(17,18)13-5-3-4-12;/h6-7,13H,3-5,12H2,1-2H3;1H. The van der Waals surface area contributed by atoms with Crippen molar-refractivity contribution in [3.05, 3.63) is 33.4 Å². The third kappa shape index (κ3) is 4.41. The summed E-state index contributed by atoms with van der Waals surface area (Å²) in [5.41, 5.74) is 6.22. The van der Waals surface area contributed by atoms with Gasteiger partial charge in [0.05, 0.1) is 4.92 Å². The van der Waals surface area contributed by atoms with Crippen molar-refractivity contribution >= 4 is 28.1 Å². The van der Waals surface area contributed by atoms with Gasteiger partial charge in [0.25, 0.3) is 5.69 Å². The maximum absolute atomic E-state index is 12.0. The molecule has 0 spiro atoms. The molecule has 0 aliphatic rings. The van der Waals surface area contributed by atoms with Crippen LogP contribution in [0.3, 0.4) is 0 Å². The van der Waals surface area contributed by atoms with Crippen LogP contribution in [0.2, 0.25) is 0 Å². The van der Waals surface area contributed by atoms with Crippen LogP contribution < -0.4 is 10.5 Å². The molecule has 0 aliphatic heterocycles. The molecule has 0 atom stereocenters. The van der Waals surface area contributed by atoms with E-state index >= 15 is 0 Å². The third-order valence-electron chi connectivity index (χ3n) is 2.73. The minimum absolute atomic E-state index is 0. The summed E-state index contributed by atoms with van der Waals surface area (Å²) in [5.74, 6) is 0. The van der Waals surface area contributed by atoms with Gasteiger partial charge < -0.3 is 5.73 Å². The maximum Gasteiger partial charge on any atom is 0.289 e. The summed E-state index contributed by atoms with van der Waals surface area (Å²) in [6.07, 6.45) is 0.470. The van der Waals surface area contributed by atoms with E-state index in [0.717, 1.165) is 0 Å². The molecule has 0 aliphatic carbocycles. The Balaban J connectivity index is 0.00000361. The van der Waals surface area contributed by atoms with E-state index in [-0.39, 0.29) is 23.8 Å². The highest BCUT2D eigenvalue weighted by molar-refractivity contribution is 7.89. The van der Waals surface area contributed by atoms with Crippen LogP contribution in [0.15, 0.2) is 17.0 Å². The number of benzene rings is 1. The van der Waals surface area contributed by atoms with Crippen molar-refractivity contribution in [2.45, 2.75) is 25.2 Å². The average molecular weight is 324 g/mol. The number of aryl methyl sites for hydroxylation is 2. The predicted molar refractivity (Wildman–Crippen MR) is 78.7 cm³/mol. The number of halogens is 1.